The van der Waals surface area contributed by atoms with Crippen molar-refractivity contribution >= 4 is 17.3 Å². The summed E-state index contributed by atoms with van der Waals surface area (Å²) >= 11 is 0. The van der Waals surface area contributed by atoms with Crippen molar-refractivity contribution < 1.29 is 9.90 Å². The summed E-state index contributed by atoms with van der Waals surface area (Å²) in [7, 11) is 0. The van der Waals surface area contributed by atoms with Gasteiger partial charge in [-0.05, 0) is 55.5 Å². The number of carbonyl (C=O) groups excluding carboxylic acids is 1. The number of anilines is 2. The molecule has 2 saturated heterocycles. The van der Waals surface area contributed by atoms with Crippen LogP contribution in [0.3, 0.4) is 0 Å². The van der Waals surface area contributed by atoms with Crippen LogP contribution in [-0.4, -0.2) is 48.6 Å². The van der Waals surface area contributed by atoms with Gasteiger partial charge in [-0.2, -0.15) is 0 Å². The highest BCUT2D eigenvalue weighted by Crippen LogP contribution is 2.32. The fourth-order valence-corrected chi connectivity index (χ4v) is 4.25. The quantitative estimate of drug-likeness (QED) is 0.838. The fraction of sp³-hybridized carbons (Fsp3) is 0.435. The van der Waals surface area contributed by atoms with Crippen molar-refractivity contribution in [3.8, 4) is 0 Å². The number of hydrogen-bond acceptors (Lipinski definition) is 4. The summed E-state index contributed by atoms with van der Waals surface area (Å²) in [6.07, 6.45) is 3.81. The zero-order valence-electron chi connectivity index (χ0n) is 16.3. The molecule has 2 aromatic rings. The first kappa shape index (κ1) is 19.0. The van der Waals surface area contributed by atoms with Crippen molar-refractivity contribution in [2.75, 3.05) is 42.9 Å². The number of benzene rings is 2. The van der Waals surface area contributed by atoms with Crippen molar-refractivity contribution in [3.05, 3.63) is 60.2 Å². The fourth-order valence-electron chi connectivity index (χ4n) is 4.25. The molecule has 148 valence electrons. The summed E-state index contributed by atoms with van der Waals surface area (Å²) in [5.41, 5.74) is 2.26. The lowest BCUT2D eigenvalue weighted by Crippen LogP contribution is -2.45. The van der Waals surface area contributed by atoms with Crippen molar-refractivity contribution in [2.24, 2.45) is 0 Å². The Morgan fingerprint density at radius 2 is 1.57 bits per heavy atom. The van der Waals surface area contributed by atoms with E-state index in [-0.39, 0.29) is 5.91 Å². The molecular formula is C23H29N3O2. The Hall–Kier alpha value is -2.37. The molecule has 0 aromatic heterocycles. The number of rotatable bonds is 5. The van der Waals surface area contributed by atoms with Crippen LogP contribution in [0.25, 0.3) is 0 Å². The van der Waals surface area contributed by atoms with Gasteiger partial charge in [-0.15, -0.1) is 0 Å². The van der Waals surface area contributed by atoms with E-state index in [0.29, 0.717) is 32.5 Å². The highest BCUT2D eigenvalue weighted by molar-refractivity contribution is 5.92. The maximum atomic E-state index is 12.4. The van der Waals surface area contributed by atoms with Crippen LogP contribution in [-0.2, 0) is 10.4 Å². The topological polar surface area (TPSA) is 55.8 Å². The number of piperidine rings is 1. The standard InChI is InChI=1S/C23H29N3O2/c27-22(24-20-8-10-21(11-9-20)26-14-4-5-15-26)18-25-16-12-23(28,13-17-25)19-6-2-1-3-7-19/h1-3,6-11,28H,4-5,12-18H2,(H,24,27). The van der Waals surface area contributed by atoms with Gasteiger partial charge >= 0.3 is 0 Å². The summed E-state index contributed by atoms with van der Waals surface area (Å²) in [6.45, 7) is 4.03. The summed E-state index contributed by atoms with van der Waals surface area (Å²) in [4.78, 5) is 16.9. The van der Waals surface area contributed by atoms with Crippen LogP contribution >= 0.6 is 0 Å². The SMILES string of the molecule is O=C(CN1CCC(O)(c2ccccc2)CC1)Nc1ccc(N2CCCC2)cc1. The lowest BCUT2D eigenvalue weighted by Gasteiger charge is -2.38. The Balaban J connectivity index is 1.27. The molecule has 0 atom stereocenters. The number of likely N-dealkylation sites (tertiary alicyclic amines) is 1. The Morgan fingerprint density at radius 3 is 2.21 bits per heavy atom. The third-order valence-corrected chi connectivity index (χ3v) is 5.98. The van der Waals surface area contributed by atoms with Crippen LogP contribution < -0.4 is 10.2 Å². The molecule has 0 bridgehead atoms. The molecule has 5 heteroatoms. The number of nitrogens with one attached hydrogen (secondary N) is 1. The van der Waals surface area contributed by atoms with E-state index in [9.17, 15) is 9.90 Å². The van der Waals surface area contributed by atoms with E-state index in [4.69, 9.17) is 0 Å². The van der Waals surface area contributed by atoms with Gasteiger partial charge in [-0.25, -0.2) is 0 Å². The molecule has 2 aliphatic heterocycles. The average Bonchev–Trinajstić information content (AvgIpc) is 3.26. The van der Waals surface area contributed by atoms with Crippen molar-refractivity contribution in [2.45, 2.75) is 31.3 Å². The van der Waals surface area contributed by atoms with E-state index < -0.39 is 5.60 Å². The number of hydrogen-bond donors (Lipinski definition) is 2. The molecule has 2 aromatic carbocycles. The minimum Gasteiger partial charge on any atom is -0.385 e. The maximum absolute atomic E-state index is 12.4. The molecule has 1 amide bonds. The number of aliphatic hydroxyl groups is 1. The second-order valence-corrected chi connectivity index (χ2v) is 7.96. The first-order valence-corrected chi connectivity index (χ1v) is 10.3. The van der Waals surface area contributed by atoms with Crippen LogP contribution in [0, 0.1) is 0 Å². The molecule has 0 radical (unpaired) electrons. The van der Waals surface area contributed by atoms with Gasteiger partial charge in [0.15, 0.2) is 0 Å². The zero-order valence-corrected chi connectivity index (χ0v) is 16.3. The number of carbonyl (C=O) groups is 1. The van der Waals surface area contributed by atoms with Gasteiger partial charge in [0, 0.05) is 37.6 Å². The minimum absolute atomic E-state index is 0.000858. The lowest BCUT2D eigenvalue weighted by atomic mass is 9.84. The smallest absolute Gasteiger partial charge is 0.238 e. The predicted molar refractivity (Wildman–Crippen MR) is 113 cm³/mol. The first-order valence-electron chi connectivity index (χ1n) is 10.3. The molecular weight excluding hydrogens is 350 g/mol. The molecule has 2 aliphatic rings. The molecule has 28 heavy (non-hydrogen) atoms. The van der Waals surface area contributed by atoms with Gasteiger partial charge in [-0.3, -0.25) is 9.69 Å². The van der Waals surface area contributed by atoms with Crippen LogP contribution in [0.2, 0.25) is 0 Å². The van der Waals surface area contributed by atoms with Crippen LogP contribution in [0.5, 0.6) is 0 Å². The highest BCUT2D eigenvalue weighted by Gasteiger charge is 2.34. The Labute approximate surface area is 167 Å². The van der Waals surface area contributed by atoms with Crippen molar-refractivity contribution in [1.29, 1.82) is 0 Å². The second kappa shape index (κ2) is 8.33. The molecule has 2 fully saturated rings. The number of amides is 1. The van der Waals surface area contributed by atoms with Crippen LogP contribution in [0.15, 0.2) is 54.6 Å². The molecule has 0 aliphatic carbocycles. The molecule has 4 rings (SSSR count). The van der Waals surface area contributed by atoms with Gasteiger partial charge in [0.1, 0.15) is 0 Å². The van der Waals surface area contributed by atoms with E-state index in [1.807, 2.05) is 42.5 Å². The summed E-state index contributed by atoms with van der Waals surface area (Å²) in [5, 5.41) is 13.9. The normalized spacial score (nSPS) is 19.5. The summed E-state index contributed by atoms with van der Waals surface area (Å²) in [5.74, 6) is -0.000858. The van der Waals surface area contributed by atoms with E-state index in [1.54, 1.807) is 0 Å². The Kier molecular flexibility index (Phi) is 5.64. The van der Waals surface area contributed by atoms with Crippen molar-refractivity contribution in [3.63, 3.8) is 0 Å². The molecule has 0 spiro atoms. The van der Waals surface area contributed by atoms with E-state index in [2.05, 4.69) is 27.2 Å². The van der Waals surface area contributed by atoms with E-state index in [0.717, 1.165) is 24.3 Å². The third kappa shape index (κ3) is 4.37. The summed E-state index contributed by atoms with van der Waals surface area (Å²) < 4.78 is 0. The number of nitrogens with zero attached hydrogens (tertiary/aromatic N) is 2. The molecule has 2 heterocycles. The maximum Gasteiger partial charge on any atom is 0.238 e. The predicted octanol–water partition coefficient (Wildman–Crippen LogP) is 3.21. The van der Waals surface area contributed by atoms with Gasteiger partial charge in [0.2, 0.25) is 5.91 Å². The average molecular weight is 380 g/mol. The second-order valence-electron chi connectivity index (χ2n) is 7.96. The largest absolute Gasteiger partial charge is 0.385 e. The van der Waals surface area contributed by atoms with E-state index in [1.165, 1.54) is 18.5 Å². The molecule has 0 saturated carbocycles. The van der Waals surface area contributed by atoms with Gasteiger partial charge in [0.25, 0.3) is 0 Å². The third-order valence-electron chi connectivity index (χ3n) is 5.98. The van der Waals surface area contributed by atoms with Crippen LogP contribution in [0.1, 0.15) is 31.2 Å². The van der Waals surface area contributed by atoms with Gasteiger partial charge < -0.3 is 15.3 Å². The van der Waals surface area contributed by atoms with Crippen LogP contribution in [0.4, 0.5) is 11.4 Å². The molecule has 5 nitrogen and oxygen atoms in total. The molecule has 2 N–H and O–H groups in total. The first-order chi connectivity index (χ1) is 13.6. The zero-order chi connectivity index (χ0) is 19.4. The van der Waals surface area contributed by atoms with Gasteiger partial charge in [-0.1, -0.05) is 30.3 Å². The summed E-state index contributed by atoms with van der Waals surface area (Å²) in [6, 6.07) is 18.0. The lowest BCUT2D eigenvalue weighted by molar-refractivity contribution is -0.118. The Bertz CT molecular complexity index is 777. The highest BCUT2D eigenvalue weighted by atomic mass is 16.3. The van der Waals surface area contributed by atoms with Crippen molar-refractivity contribution in [1.82, 2.24) is 4.90 Å². The minimum atomic E-state index is -0.778. The van der Waals surface area contributed by atoms with Gasteiger partial charge in [0.05, 0.1) is 12.1 Å². The molecule has 0 unspecified atom stereocenters. The van der Waals surface area contributed by atoms with E-state index >= 15 is 0 Å². The Morgan fingerprint density at radius 1 is 0.929 bits per heavy atom. The monoisotopic (exact) mass is 379 g/mol.